The van der Waals surface area contributed by atoms with Crippen molar-refractivity contribution in [2.75, 3.05) is 33.2 Å². The number of rotatable bonds is 5. The van der Waals surface area contributed by atoms with Crippen LogP contribution in [-0.4, -0.2) is 44.1 Å². The fourth-order valence-electron chi connectivity index (χ4n) is 3.21. The lowest BCUT2D eigenvalue weighted by molar-refractivity contribution is 0.210. The molecule has 0 aliphatic carbocycles. The Bertz CT molecular complexity index is 530. The van der Waals surface area contributed by atoms with E-state index in [1.54, 1.807) is 0 Å². The van der Waals surface area contributed by atoms with Crippen LogP contribution >= 0.6 is 24.0 Å². The molecule has 1 aliphatic heterocycles. The van der Waals surface area contributed by atoms with Gasteiger partial charge in [0.2, 0.25) is 0 Å². The second kappa shape index (κ2) is 10.9. The lowest BCUT2D eigenvalue weighted by Gasteiger charge is -2.30. The molecular weight excluding hydrogens is 411 g/mol. The maximum atomic E-state index is 4.76. The van der Waals surface area contributed by atoms with Gasteiger partial charge in [-0.25, -0.2) is 4.99 Å². The van der Waals surface area contributed by atoms with Gasteiger partial charge in [-0.1, -0.05) is 23.8 Å². The number of hydrogen-bond donors (Lipinski definition) is 2. The van der Waals surface area contributed by atoms with Crippen molar-refractivity contribution in [1.82, 2.24) is 15.5 Å². The standard InChI is InChI=1S/C19H32N4.HI/c1-5-20-19(21-12-17-7-6-10-23(4)14-17)22-13-18-9-8-15(2)11-16(18)3;/h8-9,11,17H,5-7,10,12-14H2,1-4H3,(H2,20,21,22);1H. The lowest BCUT2D eigenvalue weighted by Crippen LogP contribution is -2.43. The van der Waals surface area contributed by atoms with Gasteiger partial charge in [-0.15, -0.1) is 24.0 Å². The molecule has 1 atom stereocenters. The smallest absolute Gasteiger partial charge is 0.191 e. The fraction of sp³-hybridized carbons (Fsp3) is 0.632. The van der Waals surface area contributed by atoms with Crippen molar-refractivity contribution in [3.63, 3.8) is 0 Å². The Morgan fingerprint density at radius 1 is 1.29 bits per heavy atom. The van der Waals surface area contributed by atoms with Crippen LogP contribution in [-0.2, 0) is 6.54 Å². The number of hydrogen-bond acceptors (Lipinski definition) is 2. The average molecular weight is 444 g/mol. The number of piperidine rings is 1. The van der Waals surface area contributed by atoms with E-state index in [1.165, 1.54) is 42.6 Å². The highest BCUT2D eigenvalue weighted by Gasteiger charge is 2.17. The van der Waals surface area contributed by atoms with Gasteiger partial charge in [0, 0.05) is 19.6 Å². The molecule has 2 rings (SSSR count). The quantitative estimate of drug-likeness (QED) is 0.416. The van der Waals surface area contributed by atoms with Crippen LogP contribution in [0, 0.1) is 19.8 Å². The number of aryl methyl sites for hydroxylation is 2. The Morgan fingerprint density at radius 2 is 2.08 bits per heavy atom. The fourth-order valence-corrected chi connectivity index (χ4v) is 3.21. The predicted octanol–water partition coefficient (Wildman–Crippen LogP) is 3.32. The summed E-state index contributed by atoms with van der Waals surface area (Å²) >= 11 is 0. The van der Waals surface area contributed by atoms with E-state index in [9.17, 15) is 0 Å². The molecule has 1 unspecified atom stereocenters. The maximum absolute atomic E-state index is 4.76. The summed E-state index contributed by atoms with van der Waals surface area (Å²) in [5.74, 6) is 1.65. The van der Waals surface area contributed by atoms with E-state index in [2.05, 4.69) is 61.6 Å². The van der Waals surface area contributed by atoms with Crippen LogP contribution in [0.5, 0.6) is 0 Å². The molecule has 1 saturated heterocycles. The monoisotopic (exact) mass is 444 g/mol. The topological polar surface area (TPSA) is 39.7 Å². The molecule has 0 saturated carbocycles. The number of aliphatic imine (C=N–C) groups is 1. The first kappa shape index (κ1) is 21.2. The molecule has 2 N–H and O–H groups in total. The van der Waals surface area contributed by atoms with Crippen molar-refractivity contribution in [3.8, 4) is 0 Å². The van der Waals surface area contributed by atoms with Gasteiger partial charge in [-0.05, 0) is 64.3 Å². The summed E-state index contributed by atoms with van der Waals surface area (Å²) in [4.78, 5) is 7.18. The second-order valence-electron chi connectivity index (χ2n) is 6.78. The second-order valence-corrected chi connectivity index (χ2v) is 6.78. The lowest BCUT2D eigenvalue weighted by atomic mass is 9.99. The summed E-state index contributed by atoms with van der Waals surface area (Å²) < 4.78 is 0. The minimum atomic E-state index is 0. The Morgan fingerprint density at radius 3 is 2.75 bits per heavy atom. The predicted molar refractivity (Wildman–Crippen MR) is 114 cm³/mol. The Labute approximate surface area is 164 Å². The normalized spacial score (nSPS) is 18.8. The highest BCUT2D eigenvalue weighted by atomic mass is 127. The van der Waals surface area contributed by atoms with Crippen molar-refractivity contribution < 1.29 is 0 Å². The first-order valence-corrected chi connectivity index (χ1v) is 8.85. The zero-order chi connectivity index (χ0) is 16.7. The molecule has 1 aromatic carbocycles. The van der Waals surface area contributed by atoms with Gasteiger partial charge in [0.15, 0.2) is 5.96 Å². The van der Waals surface area contributed by atoms with Gasteiger partial charge < -0.3 is 15.5 Å². The van der Waals surface area contributed by atoms with Gasteiger partial charge in [0.25, 0.3) is 0 Å². The molecule has 0 radical (unpaired) electrons. The van der Waals surface area contributed by atoms with Gasteiger partial charge >= 0.3 is 0 Å². The number of likely N-dealkylation sites (tertiary alicyclic amines) is 1. The van der Waals surface area contributed by atoms with Crippen LogP contribution in [0.15, 0.2) is 23.2 Å². The van der Waals surface area contributed by atoms with Crippen molar-refractivity contribution in [2.24, 2.45) is 10.9 Å². The Hall–Kier alpha value is -0.820. The SMILES string of the molecule is CCNC(=NCc1ccc(C)cc1C)NCC1CCCN(C)C1.I. The summed E-state index contributed by atoms with van der Waals surface area (Å²) in [5, 5.41) is 6.88. The average Bonchev–Trinajstić information content (AvgIpc) is 2.51. The van der Waals surface area contributed by atoms with E-state index in [1.807, 2.05) is 0 Å². The highest BCUT2D eigenvalue weighted by molar-refractivity contribution is 14.0. The summed E-state index contributed by atoms with van der Waals surface area (Å²) in [5.41, 5.74) is 3.92. The summed E-state index contributed by atoms with van der Waals surface area (Å²) in [6.45, 7) is 11.4. The van der Waals surface area contributed by atoms with Crippen LogP contribution in [0.3, 0.4) is 0 Å². The van der Waals surface area contributed by atoms with E-state index < -0.39 is 0 Å². The highest BCUT2D eigenvalue weighted by Crippen LogP contribution is 2.14. The Balaban J connectivity index is 0.00000288. The number of guanidine groups is 1. The van der Waals surface area contributed by atoms with Crippen LogP contribution < -0.4 is 10.6 Å². The van der Waals surface area contributed by atoms with Crippen molar-refractivity contribution in [1.29, 1.82) is 0 Å². The van der Waals surface area contributed by atoms with Crippen molar-refractivity contribution >= 4 is 29.9 Å². The zero-order valence-corrected chi connectivity index (χ0v) is 17.9. The largest absolute Gasteiger partial charge is 0.357 e. The Kier molecular flexibility index (Phi) is 9.66. The first-order valence-electron chi connectivity index (χ1n) is 8.85. The van der Waals surface area contributed by atoms with Crippen molar-refractivity contribution in [3.05, 3.63) is 34.9 Å². The molecule has 1 heterocycles. The number of nitrogens with one attached hydrogen (secondary N) is 2. The molecule has 24 heavy (non-hydrogen) atoms. The van der Waals surface area contributed by atoms with Gasteiger partial charge in [0.1, 0.15) is 0 Å². The minimum absolute atomic E-state index is 0. The number of halogens is 1. The maximum Gasteiger partial charge on any atom is 0.191 e. The van der Waals surface area contributed by atoms with E-state index in [0.717, 1.165) is 31.5 Å². The van der Waals surface area contributed by atoms with Crippen LogP contribution in [0.25, 0.3) is 0 Å². The molecule has 0 amide bonds. The van der Waals surface area contributed by atoms with E-state index >= 15 is 0 Å². The molecular formula is C19H33IN4. The summed E-state index contributed by atoms with van der Waals surface area (Å²) in [6, 6.07) is 6.58. The van der Waals surface area contributed by atoms with Gasteiger partial charge in [-0.3, -0.25) is 0 Å². The molecule has 0 spiro atoms. The molecule has 1 fully saturated rings. The number of nitrogens with zero attached hydrogens (tertiary/aromatic N) is 2. The van der Waals surface area contributed by atoms with E-state index in [0.29, 0.717) is 0 Å². The summed E-state index contributed by atoms with van der Waals surface area (Å²) in [7, 11) is 2.21. The molecule has 0 aromatic heterocycles. The van der Waals surface area contributed by atoms with E-state index in [-0.39, 0.29) is 24.0 Å². The molecule has 1 aromatic rings. The zero-order valence-electron chi connectivity index (χ0n) is 15.6. The first-order chi connectivity index (χ1) is 11.1. The summed E-state index contributed by atoms with van der Waals surface area (Å²) in [6.07, 6.45) is 2.62. The van der Waals surface area contributed by atoms with Crippen LogP contribution in [0.4, 0.5) is 0 Å². The van der Waals surface area contributed by atoms with Crippen LogP contribution in [0.2, 0.25) is 0 Å². The third-order valence-electron chi connectivity index (χ3n) is 4.53. The van der Waals surface area contributed by atoms with E-state index in [4.69, 9.17) is 4.99 Å². The molecule has 0 bridgehead atoms. The third-order valence-corrected chi connectivity index (χ3v) is 4.53. The number of benzene rings is 1. The van der Waals surface area contributed by atoms with Crippen molar-refractivity contribution in [2.45, 2.75) is 40.2 Å². The third kappa shape index (κ3) is 6.97. The molecule has 4 nitrogen and oxygen atoms in total. The molecule has 1 aliphatic rings. The van der Waals surface area contributed by atoms with Gasteiger partial charge in [-0.2, -0.15) is 0 Å². The molecule has 5 heteroatoms. The van der Waals surface area contributed by atoms with Crippen LogP contribution in [0.1, 0.15) is 36.5 Å². The minimum Gasteiger partial charge on any atom is -0.357 e. The van der Waals surface area contributed by atoms with Gasteiger partial charge in [0.05, 0.1) is 6.54 Å². The molecule has 136 valence electrons.